The molecule has 1 aromatic rings. The number of hydrogen-bond donors (Lipinski definition) is 2. The van der Waals surface area contributed by atoms with E-state index in [0.29, 0.717) is 12.1 Å². The molecule has 0 bridgehead atoms. The third kappa shape index (κ3) is 4.64. The number of halogens is 1. The fourth-order valence-electron chi connectivity index (χ4n) is 1.25. The van der Waals surface area contributed by atoms with Crippen molar-refractivity contribution in [3.05, 3.63) is 35.4 Å². The first kappa shape index (κ1) is 14.9. The maximum atomic E-state index is 11.8. The lowest BCUT2D eigenvalue weighted by Gasteiger charge is -2.20. The fourth-order valence-corrected chi connectivity index (χ4v) is 1.25. The summed E-state index contributed by atoms with van der Waals surface area (Å²) in [5.74, 6) is -0.0576. The lowest BCUT2D eigenvalue weighted by molar-refractivity contribution is 0.0919. The van der Waals surface area contributed by atoms with Crippen molar-refractivity contribution in [2.45, 2.75) is 32.9 Å². The normalized spacial score (nSPS) is 10.5. The number of benzene rings is 1. The summed E-state index contributed by atoms with van der Waals surface area (Å²) >= 11 is 0. The maximum Gasteiger partial charge on any atom is 0.251 e. The van der Waals surface area contributed by atoms with E-state index >= 15 is 0 Å². The van der Waals surface area contributed by atoms with Crippen LogP contribution in [-0.2, 0) is 6.54 Å². The molecule has 3 nitrogen and oxygen atoms in total. The van der Waals surface area contributed by atoms with Gasteiger partial charge in [0.25, 0.3) is 5.91 Å². The number of carbonyl (C=O) groups excluding carboxylic acids is 1. The van der Waals surface area contributed by atoms with E-state index in [1.807, 2.05) is 39.0 Å². The highest BCUT2D eigenvalue weighted by molar-refractivity contribution is 5.94. The second-order valence-electron chi connectivity index (χ2n) is 4.61. The van der Waals surface area contributed by atoms with Crippen LogP contribution < -0.4 is 11.1 Å². The molecular weight excluding hydrogens is 224 g/mol. The van der Waals surface area contributed by atoms with Crippen molar-refractivity contribution in [2.24, 2.45) is 5.73 Å². The maximum absolute atomic E-state index is 11.8. The van der Waals surface area contributed by atoms with Crippen LogP contribution in [0.3, 0.4) is 0 Å². The molecule has 3 N–H and O–H groups in total. The highest BCUT2D eigenvalue weighted by Gasteiger charge is 2.14. The predicted octanol–water partition coefficient (Wildman–Crippen LogP) is 2.10. The highest BCUT2D eigenvalue weighted by atomic mass is 35.5. The van der Waals surface area contributed by atoms with Crippen LogP contribution in [0.4, 0.5) is 0 Å². The molecule has 16 heavy (non-hydrogen) atoms. The molecule has 0 aliphatic heterocycles. The van der Waals surface area contributed by atoms with Gasteiger partial charge in [-0.25, -0.2) is 0 Å². The van der Waals surface area contributed by atoms with Crippen molar-refractivity contribution < 1.29 is 4.79 Å². The van der Waals surface area contributed by atoms with Crippen LogP contribution in [0.5, 0.6) is 0 Å². The topological polar surface area (TPSA) is 55.1 Å². The first-order chi connectivity index (χ1) is 6.92. The zero-order chi connectivity index (χ0) is 11.5. The zero-order valence-electron chi connectivity index (χ0n) is 9.91. The monoisotopic (exact) mass is 242 g/mol. The Bertz CT molecular complexity index is 358. The van der Waals surface area contributed by atoms with Gasteiger partial charge in [-0.15, -0.1) is 12.4 Å². The quantitative estimate of drug-likeness (QED) is 0.835. The Kier molecular flexibility index (Phi) is 5.48. The van der Waals surface area contributed by atoms with Crippen LogP contribution in [0.1, 0.15) is 36.7 Å². The Balaban J connectivity index is 0.00000225. The second kappa shape index (κ2) is 5.87. The van der Waals surface area contributed by atoms with Gasteiger partial charge in [-0.2, -0.15) is 0 Å². The molecule has 90 valence electrons. The molecule has 0 radical (unpaired) electrons. The van der Waals surface area contributed by atoms with E-state index in [4.69, 9.17) is 5.73 Å². The summed E-state index contributed by atoms with van der Waals surface area (Å²) in [7, 11) is 0. The van der Waals surface area contributed by atoms with Gasteiger partial charge in [-0.1, -0.05) is 12.1 Å². The van der Waals surface area contributed by atoms with Gasteiger partial charge in [0, 0.05) is 17.6 Å². The van der Waals surface area contributed by atoms with Crippen LogP contribution >= 0.6 is 12.4 Å². The number of rotatable bonds is 2. The molecule has 0 aliphatic rings. The summed E-state index contributed by atoms with van der Waals surface area (Å²) in [4.78, 5) is 11.8. The Morgan fingerprint density at radius 1 is 1.38 bits per heavy atom. The van der Waals surface area contributed by atoms with Crippen molar-refractivity contribution in [2.75, 3.05) is 0 Å². The van der Waals surface area contributed by atoms with Crippen molar-refractivity contribution >= 4 is 18.3 Å². The minimum atomic E-state index is -0.212. The van der Waals surface area contributed by atoms with Crippen molar-refractivity contribution in [1.82, 2.24) is 5.32 Å². The van der Waals surface area contributed by atoms with E-state index in [0.717, 1.165) is 5.56 Å². The summed E-state index contributed by atoms with van der Waals surface area (Å²) in [6.07, 6.45) is 0. The molecule has 1 aromatic carbocycles. The molecule has 0 aromatic heterocycles. The second-order valence-corrected chi connectivity index (χ2v) is 4.61. The summed E-state index contributed by atoms with van der Waals surface area (Å²) < 4.78 is 0. The minimum absolute atomic E-state index is 0. The zero-order valence-corrected chi connectivity index (χ0v) is 10.7. The van der Waals surface area contributed by atoms with Crippen molar-refractivity contribution in [3.63, 3.8) is 0 Å². The van der Waals surface area contributed by atoms with Gasteiger partial charge in [-0.3, -0.25) is 4.79 Å². The molecule has 0 saturated heterocycles. The largest absolute Gasteiger partial charge is 0.347 e. The van der Waals surface area contributed by atoms with E-state index in [1.54, 1.807) is 6.07 Å². The molecular formula is C12H19ClN2O. The first-order valence-corrected chi connectivity index (χ1v) is 5.04. The molecule has 0 atom stereocenters. The van der Waals surface area contributed by atoms with Crippen LogP contribution in [0.2, 0.25) is 0 Å². The summed E-state index contributed by atoms with van der Waals surface area (Å²) in [5, 5.41) is 2.91. The lowest BCUT2D eigenvalue weighted by Crippen LogP contribution is -2.40. The van der Waals surface area contributed by atoms with Gasteiger partial charge in [0.15, 0.2) is 0 Å². The molecule has 0 aliphatic carbocycles. The highest BCUT2D eigenvalue weighted by Crippen LogP contribution is 2.07. The molecule has 4 heteroatoms. The molecule has 0 spiro atoms. The minimum Gasteiger partial charge on any atom is -0.347 e. The smallest absolute Gasteiger partial charge is 0.251 e. The van der Waals surface area contributed by atoms with Gasteiger partial charge in [0.2, 0.25) is 0 Å². The average Bonchev–Trinajstić information content (AvgIpc) is 2.15. The van der Waals surface area contributed by atoms with E-state index in [2.05, 4.69) is 5.32 Å². The van der Waals surface area contributed by atoms with E-state index in [1.165, 1.54) is 0 Å². The van der Waals surface area contributed by atoms with Gasteiger partial charge < -0.3 is 11.1 Å². The summed E-state index contributed by atoms with van der Waals surface area (Å²) in [5.41, 5.74) is 6.93. The van der Waals surface area contributed by atoms with Crippen molar-refractivity contribution in [3.8, 4) is 0 Å². The van der Waals surface area contributed by atoms with Crippen LogP contribution in [0, 0.1) is 0 Å². The van der Waals surface area contributed by atoms with Gasteiger partial charge in [-0.05, 0) is 38.5 Å². The van der Waals surface area contributed by atoms with E-state index in [-0.39, 0.29) is 23.9 Å². The SMILES string of the molecule is CC(C)(C)NC(=O)c1cccc(CN)c1.Cl. The molecule has 0 saturated carbocycles. The van der Waals surface area contributed by atoms with Gasteiger partial charge >= 0.3 is 0 Å². The molecule has 0 heterocycles. The number of carbonyl (C=O) groups is 1. The Morgan fingerprint density at radius 2 is 2.00 bits per heavy atom. The molecule has 1 rings (SSSR count). The van der Waals surface area contributed by atoms with E-state index in [9.17, 15) is 4.79 Å². The Labute approximate surface area is 103 Å². The standard InChI is InChI=1S/C12H18N2O.ClH/c1-12(2,3)14-11(15)10-6-4-5-9(7-10)8-13;/h4-7H,8,13H2,1-3H3,(H,14,15);1H. The predicted molar refractivity (Wildman–Crippen MR) is 68.8 cm³/mol. The van der Waals surface area contributed by atoms with Crippen molar-refractivity contribution in [1.29, 1.82) is 0 Å². The van der Waals surface area contributed by atoms with Gasteiger partial charge in [0.05, 0.1) is 0 Å². The van der Waals surface area contributed by atoms with Crippen LogP contribution in [0.25, 0.3) is 0 Å². The molecule has 0 unspecified atom stereocenters. The number of hydrogen-bond acceptors (Lipinski definition) is 2. The molecule has 0 fully saturated rings. The van der Waals surface area contributed by atoms with Crippen LogP contribution in [-0.4, -0.2) is 11.4 Å². The Hall–Kier alpha value is -1.06. The summed E-state index contributed by atoms with van der Waals surface area (Å²) in [6, 6.07) is 7.37. The average molecular weight is 243 g/mol. The van der Waals surface area contributed by atoms with Gasteiger partial charge in [0.1, 0.15) is 0 Å². The Morgan fingerprint density at radius 3 is 2.50 bits per heavy atom. The number of amides is 1. The number of nitrogens with one attached hydrogen (secondary N) is 1. The molecule has 1 amide bonds. The van der Waals surface area contributed by atoms with Crippen LogP contribution in [0.15, 0.2) is 24.3 Å². The third-order valence-electron chi connectivity index (χ3n) is 1.91. The lowest BCUT2D eigenvalue weighted by atomic mass is 10.1. The van der Waals surface area contributed by atoms with E-state index < -0.39 is 0 Å². The summed E-state index contributed by atoms with van der Waals surface area (Å²) in [6.45, 7) is 6.32. The fraction of sp³-hybridized carbons (Fsp3) is 0.417. The number of nitrogens with two attached hydrogens (primary N) is 1. The third-order valence-corrected chi connectivity index (χ3v) is 1.91. The first-order valence-electron chi connectivity index (χ1n) is 5.04.